The summed E-state index contributed by atoms with van der Waals surface area (Å²) in [5.74, 6) is 1.71. The lowest BCUT2D eigenvalue weighted by molar-refractivity contribution is 0.832. The first-order valence-corrected chi connectivity index (χ1v) is 30.2. The predicted molar refractivity (Wildman–Crippen MR) is 203 cm³/mol. The van der Waals surface area contributed by atoms with Gasteiger partial charge in [0.05, 0.1) is 12.0 Å². The first-order chi connectivity index (χ1) is 19.0. The zero-order valence-corrected chi connectivity index (χ0v) is 34.7. The summed E-state index contributed by atoms with van der Waals surface area (Å²) < 4.78 is 5.98. The van der Waals surface area contributed by atoms with E-state index in [1.54, 1.807) is 0 Å². The van der Waals surface area contributed by atoms with E-state index in [1.807, 2.05) is 0 Å². The van der Waals surface area contributed by atoms with Gasteiger partial charge in [-0.15, -0.1) is 0 Å². The molecule has 0 unspecified atom stereocenters. The zero-order valence-electron chi connectivity index (χ0n) is 30.7. The van der Waals surface area contributed by atoms with Crippen molar-refractivity contribution < 1.29 is 0 Å². The van der Waals surface area contributed by atoms with E-state index in [4.69, 9.17) is 4.99 Å². The topological polar surface area (TPSA) is 18.8 Å². The van der Waals surface area contributed by atoms with E-state index in [2.05, 4.69) is 172 Å². The lowest BCUT2D eigenvalue weighted by Crippen LogP contribution is -2.81. The van der Waals surface area contributed by atoms with E-state index < -0.39 is 32.0 Å². The van der Waals surface area contributed by atoms with Gasteiger partial charge < -0.3 is 8.46 Å². The molecule has 0 atom stereocenters. The summed E-state index contributed by atoms with van der Waals surface area (Å²) in [5, 5.41) is 0. The summed E-state index contributed by atoms with van der Waals surface area (Å²) in [6.45, 7) is 44.9. The van der Waals surface area contributed by atoms with Crippen LogP contribution in [0.4, 0.5) is 11.4 Å². The molecule has 3 nitrogen and oxygen atoms in total. The second-order valence-electron chi connectivity index (χ2n) is 16.6. The van der Waals surface area contributed by atoms with Gasteiger partial charge in [-0.05, 0) is 45.9 Å². The Morgan fingerprint density at radius 1 is 0.524 bits per heavy atom. The van der Waals surface area contributed by atoms with Crippen molar-refractivity contribution in [3.63, 3.8) is 0 Å². The Hall–Kier alpha value is -1.26. The molecule has 0 spiro atoms. The second kappa shape index (κ2) is 13.4. The summed E-state index contributed by atoms with van der Waals surface area (Å²) in [6.07, 6.45) is 2.31. The Kier molecular flexibility index (Phi) is 11.8. The van der Waals surface area contributed by atoms with E-state index in [-0.39, 0.29) is 0 Å². The highest BCUT2D eigenvalue weighted by molar-refractivity contribution is 7.45. The molecule has 2 aromatic rings. The molecule has 236 valence electrons. The van der Waals surface area contributed by atoms with E-state index >= 15 is 0 Å². The van der Waals surface area contributed by atoms with Gasteiger partial charge in [-0.3, -0.25) is 0 Å². The van der Waals surface area contributed by atoms with Crippen LogP contribution in [0.2, 0.25) is 65.5 Å². The summed E-state index contributed by atoms with van der Waals surface area (Å²) in [4.78, 5) is 5.55. The minimum absolute atomic E-state index is 0.420. The predicted octanol–water partition coefficient (Wildman–Crippen LogP) is 11.8. The number of para-hydroxylation sites is 2. The van der Waals surface area contributed by atoms with Crippen LogP contribution in [-0.2, 0) is 0 Å². The largest absolute Gasteiger partial charge is 0.369 e. The van der Waals surface area contributed by atoms with E-state index in [0.717, 1.165) is 0 Å². The molecular weight excluding hydrogens is 575 g/mol. The van der Waals surface area contributed by atoms with Gasteiger partial charge in [-0.25, -0.2) is 4.99 Å². The molecule has 0 aliphatic carbocycles. The van der Waals surface area contributed by atoms with Crippen LogP contribution in [0, 0.1) is 0 Å². The van der Waals surface area contributed by atoms with Crippen molar-refractivity contribution in [1.82, 2.24) is 3.90 Å². The van der Waals surface area contributed by atoms with Crippen LogP contribution in [0.1, 0.15) is 101 Å². The van der Waals surface area contributed by atoms with E-state index in [0.29, 0.717) is 23.7 Å². The van der Waals surface area contributed by atoms with Gasteiger partial charge in [0.25, 0.3) is 0 Å². The second-order valence-corrected chi connectivity index (χ2v) is 42.0. The van der Waals surface area contributed by atoms with Gasteiger partial charge in [0, 0.05) is 5.69 Å². The fourth-order valence-electron chi connectivity index (χ4n) is 7.30. The average Bonchev–Trinajstić information content (AvgIpc) is 2.81. The van der Waals surface area contributed by atoms with Gasteiger partial charge in [0.1, 0.15) is 24.2 Å². The van der Waals surface area contributed by atoms with Crippen molar-refractivity contribution >= 4 is 49.7 Å². The Bertz CT molecular complexity index is 1170. The van der Waals surface area contributed by atoms with Crippen molar-refractivity contribution in [3.05, 3.63) is 58.7 Å². The lowest BCUT2D eigenvalue weighted by atomic mass is 9.92. The number of benzene rings is 2. The summed E-state index contributed by atoms with van der Waals surface area (Å²) in [7, 11) is -7.33. The maximum atomic E-state index is 5.55. The Labute approximate surface area is 265 Å². The smallest absolute Gasteiger partial charge is 0.162 e. The molecule has 0 aliphatic heterocycles. The molecule has 42 heavy (non-hydrogen) atoms. The van der Waals surface area contributed by atoms with Crippen molar-refractivity contribution in [1.29, 1.82) is 0 Å². The quantitative estimate of drug-likeness (QED) is 0.131. The van der Waals surface area contributed by atoms with Gasteiger partial charge in [-0.2, -0.15) is 0 Å². The van der Waals surface area contributed by atoms with Crippen LogP contribution in [0.25, 0.3) is 0 Å². The number of aliphatic imine (C=N–C) groups is 1. The first kappa shape index (κ1) is 36.9. The molecule has 0 amide bonds. The molecule has 2 rings (SSSR count). The third-order valence-corrected chi connectivity index (χ3v) is 40.7. The monoisotopic (exact) mass is 639 g/mol. The summed E-state index contributed by atoms with van der Waals surface area (Å²) >= 11 is 0. The van der Waals surface area contributed by atoms with Gasteiger partial charge in [0.15, 0.2) is 7.75 Å². The molecule has 7 heteroatoms. The highest BCUT2D eigenvalue weighted by Crippen LogP contribution is 2.42. The van der Waals surface area contributed by atoms with Crippen LogP contribution in [-0.4, -0.2) is 42.2 Å². The third-order valence-electron chi connectivity index (χ3n) is 9.23. The van der Waals surface area contributed by atoms with Crippen LogP contribution in [0.15, 0.2) is 41.4 Å². The molecule has 0 heterocycles. The van der Waals surface area contributed by atoms with Gasteiger partial charge in [-0.1, -0.05) is 157 Å². The first-order valence-electron chi connectivity index (χ1n) is 16.4. The number of nitrogens with zero attached hydrogens (tertiary/aromatic N) is 3. The molecule has 0 aliphatic rings. The van der Waals surface area contributed by atoms with Crippen LogP contribution >= 0.6 is 0 Å². The number of hydrogen-bond donors (Lipinski definition) is 0. The van der Waals surface area contributed by atoms with E-state index in [1.165, 1.54) is 33.6 Å². The summed E-state index contributed by atoms with van der Waals surface area (Å²) in [6, 6.07) is 13.8. The minimum atomic E-state index is -2.16. The fourth-order valence-corrected chi connectivity index (χ4v) is 45.9. The lowest BCUT2D eigenvalue weighted by Gasteiger charge is -2.60. The van der Waals surface area contributed by atoms with Crippen LogP contribution in [0.5, 0.6) is 0 Å². The normalized spacial score (nSPS) is 14.0. The average molecular weight is 640 g/mol. The number of hydrogen-bond acceptors (Lipinski definition) is 2. The number of rotatable bonds is 12. The van der Waals surface area contributed by atoms with Crippen molar-refractivity contribution in [2.75, 3.05) is 4.57 Å². The molecule has 0 saturated heterocycles. The van der Waals surface area contributed by atoms with Gasteiger partial charge >= 0.3 is 0 Å². The zero-order chi connectivity index (χ0) is 32.6. The third kappa shape index (κ3) is 7.68. The molecule has 0 saturated carbocycles. The molecule has 0 fully saturated rings. The van der Waals surface area contributed by atoms with Crippen molar-refractivity contribution in [3.8, 4) is 0 Å². The molecule has 0 bridgehead atoms. The maximum Gasteiger partial charge on any atom is 0.162 e. The summed E-state index contributed by atoms with van der Waals surface area (Å²) in [5.41, 5.74) is 8.21. The van der Waals surface area contributed by atoms with Crippen LogP contribution < -0.4 is 4.57 Å². The Balaban J connectivity index is 3.08. The van der Waals surface area contributed by atoms with Gasteiger partial charge in [0.2, 0.25) is 0 Å². The molecule has 0 aromatic heterocycles. The van der Waals surface area contributed by atoms with Crippen LogP contribution in [0.3, 0.4) is 0 Å². The standard InChI is InChI=1S/C35H65N3Si4/c1-26(2)30-21-19-22-31(27(3)4)34(30)36-25-37(35-32(28(5)6)23-20-24-33(35)29(7)8)41(15,16)42(17,18)38(39(9,10)11)40(12,13)14/h19-29H,1-18H3. The molecule has 0 radical (unpaired) electrons. The minimum Gasteiger partial charge on any atom is -0.369 e. The highest BCUT2D eigenvalue weighted by Gasteiger charge is 2.56. The Morgan fingerprint density at radius 3 is 1.17 bits per heavy atom. The molecule has 2 aromatic carbocycles. The molecule has 0 N–H and O–H groups in total. The highest BCUT2D eigenvalue weighted by atomic mass is 29.3. The van der Waals surface area contributed by atoms with E-state index in [9.17, 15) is 0 Å². The molecular formula is C35H65N3Si4. The fraction of sp³-hybridized carbons (Fsp3) is 0.629. The van der Waals surface area contributed by atoms with Crippen molar-refractivity contribution in [2.45, 2.75) is 145 Å². The SMILES string of the molecule is CC(C)c1cccc(C(C)C)c1N=CN(c1c(C(C)C)cccc1C(C)C)[Si](C)(C)[Si](C)(C)N([Si](C)(C)C)[Si](C)(C)C. The Morgan fingerprint density at radius 2 is 0.857 bits per heavy atom. The maximum absolute atomic E-state index is 5.55. The number of anilines is 1. The van der Waals surface area contributed by atoms with Crippen molar-refractivity contribution in [2.24, 2.45) is 4.99 Å².